The first-order valence-electron chi connectivity index (χ1n) is 8.80. The summed E-state index contributed by atoms with van der Waals surface area (Å²) in [6, 6.07) is 14.4. The fourth-order valence-electron chi connectivity index (χ4n) is 2.83. The lowest BCUT2D eigenvalue weighted by Crippen LogP contribution is -2.31. The molecular weight excluding hydrogens is 384 g/mol. The SMILES string of the molecule is CC(C)c1ccccc1NC(=O)CCCN(c1cccc(Cl)c1)S(C)(=O)=O. The van der Waals surface area contributed by atoms with Crippen molar-refractivity contribution in [3.05, 3.63) is 59.1 Å². The zero-order valence-corrected chi connectivity index (χ0v) is 17.3. The average Bonchev–Trinajstić information content (AvgIpc) is 2.58. The van der Waals surface area contributed by atoms with E-state index in [1.165, 1.54) is 4.31 Å². The molecule has 2 aromatic carbocycles. The van der Waals surface area contributed by atoms with Gasteiger partial charge in [-0.2, -0.15) is 0 Å². The van der Waals surface area contributed by atoms with Gasteiger partial charge in [0.05, 0.1) is 11.9 Å². The quantitative estimate of drug-likeness (QED) is 0.691. The first kappa shape index (κ1) is 21.3. The minimum absolute atomic E-state index is 0.136. The Hall–Kier alpha value is -2.05. The fraction of sp³-hybridized carbons (Fsp3) is 0.350. The Balaban J connectivity index is 2.00. The van der Waals surface area contributed by atoms with Crippen LogP contribution < -0.4 is 9.62 Å². The number of sulfonamides is 1. The fourth-order valence-corrected chi connectivity index (χ4v) is 3.97. The van der Waals surface area contributed by atoms with Gasteiger partial charge in [-0.3, -0.25) is 9.10 Å². The first-order valence-corrected chi connectivity index (χ1v) is 11.0. The predicted molar refractivity (Wildman–Crippen MR) is 112 cm³/mol. The van der Waals surface area contributed by atoms with Crippen molar-refractivity contribution in [3.8, 4) is 0 Å². The third kappa shape index (κ3) is 6.26. The maximum atomic E-state index is 12.3. The lowest BCUT2D eigenvalue weighted by Gasteiger charge is -2.22. The average molecular weight is 409 g/mol. The minimum Gasteiger partial charge on any atom is -0.326 e. The van der Waals surface area contributed by atoms with Crippen molar-refractivity contribution in [3.63, 3.8) is 0 Å². The van der Waals surface area contributed by atoms with Crippen LogP contribution in [0.3, 0.4) is 0 Å². The molecule has 5 nitrogen and oxygen atoms in total. The van der Waals surface area contributed by atoms with Gasteiger partial charge in [0.15, 0.2) is 0 Å². The van der Waals surface area contributed by atoms with E-state index in [2.05, 4.69) is 19.2 Å². The monoisotopic (exact) mass is 408 g/mol. The van der Waals surface area contributed by atoms with Crippen LogP contribution in [0, 0.1) is 0 Å². The number of hydrogen-bond acceptors (Lipinski definition) is 3. The second-order valence-corrected chi connectivity index (χ2v) is 9.05. The van der Waals surface area contributed by atoms with Crippen LogP contribution in [0.15, 0.2) is 48.5 Å². The minimum atomic E-state index is -3.47. The summed E-state index contributed by atoms with van der Waals surface area (Å²) in [5.41, 5.74) is 2.37. The highest BCUT2D eigenvalue weighted by Crippen LogP contribution is 2.24. The molecule has 1 N–H and O–H groups in total. The second-order valence-electron chi connectivity index (χ2n) is 6.71. The Morgan fingerprint density at radius 3 is 2.48 bits per heavy atom. The van der Waals surface area contributed by atoms with Crippen molar-refractivity contribution in [2.45, 2.75) is 32.6 Å². The molecule has 0 saturated heterocycles. The van der Waals surface area contributed by atoms with E-state index in [0.29, 0.717) is 23.0 Å². The molecule has 0 saturated carbocycles. The molecular formula is C20H25ClN2O3S. The molecule has 0 unspecified atom stereocenters. The van der Waals surface area contributed by atoms with Crippen LogP contribution in [0.5, 0.6) is 0 Å². The molecule has 0 heterocycles. The Labute approximate surface area is 166 Å². The van der Waals surface area contributed by atoms with Crippen LogP contribution in [0.25, 0.3) is 0 Å². The van der Waals surface area contributed by atoms with Crippen molar-refractivity contribution in [2.75, 3.05) is 22.4 Å². The highest BCUT2D eigenvalue weighted by molar-refractivity contribution is 7.92. The van der Waals surface area contributed by atoms with Crippen molar-refractivity contribution in [1.82, 2.24) is 0 Å². The Morgan fingerprint density at radius 1 is 1.15 bits per heavy atom. The molecule has 0 bridgehead atoms. The topological polar surface area (TPSA) is 66.5 Å². The Morgan fingerprint density at radius 2 is 1.85 bits per heavy atom. The number of hydrogen-bond donors (Lipinski definition) is 1. The number of nitrogens with one attached hydrogen (secondary N) is 1. The van der Waals surface area contributed by atoms with E-state index < -0.39 is 10.0 Å². The van der Waals surface area contributed by atoms with E-state index in [1.807, 2.05) is 24.3 Å². The molecule has 0 aliphatic carbocycles. The van der Waals surface area contributed by atoms with Crippen LogP contribution in [-0.4, -0.2) is 27.1 Å². The van der Waals surface area contributed by atoms with Gasteiger partial charge < -0.3 is 5.32 Å². The molecule has 0 fully saturated rings. The van der Waals surface area contributed by atoms with E-state index >= 15 is 0 Å². The van der Waals surface area contributed by atoms with Gasteiger partial charge in [-0.25, -0.2) is 8.42 Å². The zero-order valence-electron chi connectivity index (χ0n) is 15.8. The normalized spacial score (nSPS) is 11.4. The number of carbonyl (C=O) groups is 1. The molecule has 2 aromatic rings. The Kier molecular flexibility index (Phi) is 7.27. The summed E-state index contributed by atoms with van der Waals surface area (Å²) in [5.74, 6) is 0.160. The van der Waals surface area contributed by atoms with E-state index in [-0.39, 0.29) is 18.9 Å². The van der Waals surface area contributed by atoms with Gasteiger partial charge in [-0.1, -0.05) is 49.7 Å². The summed E-state index contributed by atoms with van der Waals surface area (Å²) in [5, 5.41) is 3.39. The van der Waals surface area contributed by atoms with Crippen molar-refractivity contribution in [2.24, 2.45) is 0 Å². The van der Waals surface area contributed by atoms with Gasteiger partial charge in [0.25, 0.3) is 0 Å². The maximum Gasteiger partial charge on any atom is 0.232 e. The largest absolute Gasteiger partial charge is 0.326 e. The molecule has 0 spiro atoms. The summed E-state index contributed by atoms with van der Waals surface area (Å²) < 4.78 is 25.5. The second kappa shape index (κ2) is 9.24. The molecule has 146 valence electrons. The van der Waals surface area contributed by atoms with E-state index in [9.17, 15) is 13.2 Å². The van der Waals surface area contributed by atoms with Crippen molar-refractivity contribution in [1.29, 1.82) is 0 Å². The van der Waals surface area contributed by atoms with Gasteiger partial charge in [0, 0.05) is 23.7 Å². The number of halogens is 1. The molecule has 0 aliphatic rings. The standard InChI is InChI=1S/C20H25ClN2O3S/c1-15(2)18-10-4-5-11-19(18)22-20(24)12-7-13-23(27(3,25)26)17-9-6-8-16(21)14-17/h4-6,8-11,14-15H,7,12-13H2,1-3H3,(H,22,24). The Bertz CT molecular complexity index is 898. The van der Waals surface area contributed by atoms with Gasteiger partial charge in [-0.05, 0) is 42.2 Å². The third-order valence-corrected chi connectivity index (χ3v) is 5.55. The smallest absolute Gasteiger partial charge is 0.232 e. The predicted octanol–water partition coefficient (Wildman–Crippen LogP) is 4.65. The van der Waals surface area contributed by atoms with Crippen LogP contribution in [0.2, 0.25) is 5.02 Å². The molecule has 0 aliphatic heterocycles. The number of carbonyl (C=O) groups excluding carboxylic acids is 1. The van der Waals surface area contributed by atoms with Crippen molar-refractivity contribution < 1.29 is 13.2 Å². The highest BCUT2D eigenvalue weighted by Gasteiger charge is 2.18. The number of amides is 1. The molecule has 2 rings (SSSR count). The highest BCUT2D eigenvalue weighted by atomic mass is 35.5. The summed E-state index contributed by atoms with van der Waals surface area (Å²) in [6.45, 7) is 4.35. The molecule has 27 heavy (non-hydrogen) atoms. The number of nitrogens with zero attached hydrogens (tertiary/aromatic N) is 1. The summed E-state index contributed by atoms with van der Waals surface area (Å²) in [7, 11) is -3.47. The van der Waals surface area contributed by atoms with Gasteiger partial charge in [0.2, 0.25) is 15.9 Å². The number of benzene rings is 2. The number of anilines is 2. The third-order valence-electron chi connectivity index (χ3n) is 4.12. The van der Waals surface area contributed by atoms with E-state index in [1.54, 1.807) is 24.3 Å². The van der Waals surface area contributed by atoms with Crippen LogP contribution in [0.1, 0.15) is 38.2 Å². The van der Waals surface area contributed by atoms with Gasteiger partial charge in [0.1, 0.15) is 0 Å². The lowest BCUT2D eigenvalue weighted by molar-refractivity contribution is -0.116. The van der Waals surface area contributed by atoms with Crippen LogP contribution in [0.4, 0.5) is 11.4 Å². The van der Waals surface area contributed by atoms with E-state index in [4.69, 9.17) is 11.6 Å². The zero-order chi connectivity index (χ0) is 20.0. The van der Waals surface area contributed by atoms with Crippen LogP contribution >= 0.6 is 11.6 Å². The van der Waals surface area contributed by atoms with Gasteiger partial charge >= 0.3 is 0 Å². The lowest BCUT2D eigenvalue weighted by atomic mass is 10.0. The summed E-state index contributed by atoms with van der Waals surface area (Å²) in [6.07, 6.45) is 1.77. The van der Waals surface area contributed by atoms with Crippen LogP contribution in [-0.2, 0) is 14.8 Å². The molecule has 0 aromatic heterocycles. The molecule has 0 atom stereocenters. The maximum absolute atomic E-state index is 12.3. The molecule has 7 heteroatoms. The van der Waals surface area contributed by atoms with E-state index in [0.717, 1.165) is 17.5 Å². The molecule has 0 radical (unpaired) electrons. The van der Waals surface area contributed by atoms with Gasteiger partial charge in [-0.15, -0.1) is 0 Å². The summed E-state index contributed by atoms with van der Waals surface area (Å²) >= 11 is 5.97. The first-order chi connectivity index (χ1) is 12.7. The number of para-hydroxylation sites is 1. The molecule has 1 amide bonds. The summed E-state index contributed by atoms with van der Waals surface area (Å²) in [4.78, 5) is 12.3. The van der Waals surface area contributed by atoms with Crippen molar-refractivity contribution >= 4 is 38.9 Å². The number of rotatable bonds is 8.